The minimum Gasteiger partial charge on any atom is -0.481 e. The maximum Gasteiger partial charge on any atom is 0.303 e. The SMILES string of the molecule is [C-]#[N+]C(C)(c1cccc(CCC(=O)O)c1)c1cnc(-c2cc(Oc3c(F)cc4[nH]ccc4c3S(C)(=O)=O)ccc2F)[nH]1. The third-order valence-corrected chi connectivity index (χ3v) is 8.09. The van der Waals surface area contributed by atoms with E-state index in [-0.39, 0.29) is 39.4 Å². The summed E-state index contributed by atoms with van der Waals surface area (Å²) in [5.74, 6) is -3.04. The summed E-state index contributed by atoms with van der Waals surface area (Å²) in [7, 11) is -3.93. The number of imidazole rings is 1. The number of aromatic amines is 2. The van der Waals surface area contributed by atoms with Crippen LogP contribution in [0.2, 0.25) is 0 Å². The number of halogens is 2. The number of sulfone groups is 1. The highest BCUT2D eigenvalue weighted by molar-refractivity contribution is 7.91. The number of carbonyl (C=O) groups is 1. The molecule has 0 spiro atoms. The van der Waals surface area contributed by atoms with Crippen molar-refractivity contribution in [1.82, 2.24) is 15.0 Å². The van der Waals surface area contributed by atoms with E-state index in [9.17, 15) is 13.2 Å². The number of rotatable bonds is 9. The van der Waals surface area contributed by atoms with E-state index in [4.69, 9.17) is 16.4 Å². The maximum absolute atomic E-state index is 15.1. The Morgan fingerprint density at radius 3 is 2.64 bits per heavy atom. The molecule has 1 atom stereocenters. The quantitative estimate of drug-likeness (QED) is 0.175. The molecule has 9 nitrogen and oxygen atoms in total. The van der Waals surface area contributed by atoms with E-state index in [1.807, 2.05) is 0 Å². The number of ether oxygens (including phenoxy) is 1. The second-order valence-electron chi connectivity index (χ2n) is 9.90. The van der Waals surface area contributed by atoms with Gasteiger partial charge in [-0.1, -0.05) is 18.2 Å². The molecule has 0 fully saturated rings. The predicted molar refractivity (Wildman–Crippen MR) is 151 cm³/mol. The topological polar surface area (TPSA) is 129 Å². The number of H-pyrrole nitrogens is 2. The van der Waals surface area contributed by atoms with Crippen molar-refractivity contribution < 1.29 is 31.8 Å². The summed E-state index contributed by atoms with van der Waals surface area (Å²) in [5, 5.41) is 9.26. The number of carboxylic acids is 1. The highest BCUT2D eigenvalue weighted by atomic mass is 32.2. The van der Waals surface area contributed by atoms with Gasteiger partial charge in [-0.25, -0.2) is 28.8 Å². The van der Waals surface area contributed by atoms with Gasteiger partial charge in [0.25, 0.3) is 5.54 Å². The van der Waals surface area contributed by atoms with Crippen molar-refractivity contribution in [2.75, 3.05) is 6.26 Å². The highest BCUT2D eigenvalue weighted by Gasteiger charge is 2.38. The molecule has 0 saturated heterocycles. The van der Waals surface area contributed by atoms with E-state index in [2.05, 4.69) is 19.8 Å². The predicted octanol–water partition coefficient (Wildman–Crippen LogP) is 6.23. The standard InChI is InChI=1S/C30H24F2N4O5S/c1-30(33-2,18-6-4-5-17(13-18)7-10-26(37)38)25-16-35-29(36-25)21-14-19(8-9-22(21)31)41-27-23(32)15-24-20(11-12-34-24)28(27)42(3,39)40/h4-6,8-9,11-16,34H,7,10H2,1,3H3,(H,35,36)(H,37,38). The summed E-state index contributed by atoms with van der Waals surface area (Å²) < 4.78 is 61.0. The van der Waals surface area contributed by atoms with Gasteiger partial charge in [0.2, 0.25) is 0 Å². The fourth-order valence-corrected chi connectivity index (χ4v) is 5.77. The molecule has 2 heterocycles. The van der Waals surface area contributed by atoms with Gasteiger partial charge in [-0.3, -0.25) is 9.64 Å². The number of hydrogen-bond donors (Lipinski definition) is 3. The molecule has 0 bridgehead atoms. The third-order valence-electron chi connectivity index (χ3n) is 6.94. The van der Waals surface area contributed by atoms with E-state index in [1.165, 1.54) is 30.6 Å². The van der Waals surface area contributed by atoms with Crippen LogP contribution in [0.5, 0.6) is 11.5 Å². The summed E-state index contributed by atoms with van der Waals surface area (Å²) in [6, 6.07) is 13.2. The van der Waals surface area contributed by atoms with Crippen molar-refractivity contribution >= 4 is 26.7 Å². The molecular formula is C30H24F2N4O5S. The Labute approximate surface area is 239 Å². The number of aryl methyl sites for hydroxylation is 1. The molecule has 12 heteroatoms. The van der Waals surface area contributed by atoms with Crippen molar-refractivity contribution in [2.24, 2.45) is 0 Å². The molecule has 0 radical (unpaired) electrons. The lowest BCUT2D eigenvalue weighted by Crippen LogP contribution is -2.19. The lowest BCUT2D eigenvalue weighted by molar-refractivity contribution is -0.136. The van der Waals surface area contributed by atoms with Gasteiger partial charge >= 0.3 is 5.97 Å². The molecule has 42 heavy (non-hydrogen) atoms. The Morgan fingerprint density at radius 2 is 1.93 bits per heavy atom. The van der Waals surface area contributed by atoms with Crippen molar-refractivity contribution in [1.29, 1.82) is 0 Å². The summed E-state index contributed by atoms with van der Waals surface area (Å²) in [5.41, 5.74) is 0.672. The van der Waals surface area contributed by atoms with Gasteiger partial charge in [0.1, 0.15) is 28.0 Å². The molecule has 0 aliphatic carbocycles. The smallest absolute Gasteiger partial charge is 0.303 e. The number of carboxylic acid groups (broad SMARTS) is 1. The number of nitrogens with one attached hydrogen (secondary N) is 2. The number of fused-ring (bicyclic) bond motifs is 1. The fourth-order valence-electron chi connectivity index (χ4n) is 4.72. The van der Waals surface area contributed by atoms with Crippen LogP contribution in [0.4, 0.5) is 8.78 Å². The van der Waals surface area contributed by atoms with Gasteiger partial charge in [-0.2, -0.15) is 0 Å². The zero-order valence-corrected chi connectivity index (χ0v) is 23.2. The van der Waals surface area contributed by atoms with Crippen molar-refractivity contribution in [2.45, 2.75) is 30.2 Å². The second kappa shape index (κ2) is 10.8. The molecular weight excluding hydrogens is 566 g/mol. The van der Waals surface area contributed by atoms with Crippen LogP contribution >= 0.6 is 0 Å². The monoisotopic (exact) mass is 590 g/mol. The molecule has 0 amide bonds. The van der Waals surface area contributed by atoms with Crippen LogP contribution in [0, 0.1) is 18.2 Å². The Balaban J connectivity index is 1.51. The van der Waals surface area contributed by atoms with E-state index in [0.717, 1.165) is 24.0 Å². The van der Waals surface area contributed by atoms with Gasteiger partial charge in [0.05, 0.1) is 11.8 Å². The average Bonchev–Trinajstić information content (AvgIpc) is 3.62. The summed E-state index contributed by atoms with van der Waals surface area (Å²) in [4.78, 5) is 24.5. The van der Waals surface area contributed by atoms with E-state index >= 15 is 8.78 Å². The first-order chi connectivity index (χ1) is 19.9. The van der Waals surface area contributed by atoms with Crippen LogP contribution in [0.15, 0.2) is 71.9 Å². The zero-order chi connectivity index (χ0) is 30.2. The largest absolute Gasteiger partial charge is 0.481 e. The number of aromatic nitrogens is 3. The lowest BCUT2D eigenvalue weighted by Gasteiger charge is -2.17. The van der Waals surface area contributed by atoms with Gasteiger partial charge in [0.15, 0.2) is 21.4 Å². The lowest BCUT2D eigenvalue weighted by atomic mass is 9.88. The Morgan fingerprint density at radius 1 is 1.14 bits per heavy atom. The van der Waals surface area contributed by atoms with E-state index in [0.29, 0.717) is 17.7 Å². The van der Waals surface area contributed by atoms with Gasteiger partial charge in [-0.15, -0.1) is 0 Å². The first-order valence-corrected chi connectivity index (χ1v) is 14.5. The van der Waals surface area contributed by atoms with Crippen LogP contribution in [0.3, 0.4) is 0 Å². The van der Waals surface area contributed by atoms with Crippen LogP contribution in [0.1, 0.15) is 30.2 Å². The zero-order valence-electron chi connectivity index (χ0n) is 22.4. The first kappa shape index (κ1) is 28.5. The summed E-state index contributed by atoms with van der Waals surface area (Å²) in [6.07, 6.45) is 4.07. The van der Waals surface area contributed by atoms with Crippen molar-refractivity contribution in [3.05, 3.63) is 107 Å². The number of hydrogen-bond acceptors (Lipinski definition) is 5. The third kappa shape index (κ3) is 5.34. The normalized spacial score (nSPS) is 13.0. The van der Waals surface area contributed by atoms with Crippen molar-refractivity contribution in [3.63, 3.8) is 0 Å². The molecule has 3 aromatic carbocycles. The average molecular weight is 591 g/mol. The molecule has 1 unspecified atom stereocenters. The van der Waals surface area contributed by atoms with Crippen LogP contribution in [-0.2, 0) is 26.6 Å². The molecule has 0 aliphatic rings. The van der Waals surface area contributed by atoms with Gasteiger partial charge in [0, 0.05) is 48.3 Å². The fraction of sp³-hybridized carbons (Fsp3) is 0.167. The summed E-state index contributed by atoms with van der Waals surface area (Å²) >= 11 is 0. The van der Waals surface area contributed by atoms with E-state index < -0.39 is 38.7 Å². The van der Waals surface area contributed by atoms with Crippen LogP contribution < -0.4 is 4.74 Å². The second-order valence-corrected chi connectivity index (χ2v) is 11.8. The molecule has 0 saturated carbocycles. The number of aliphatic carboxylic acids is 1. The first-order valence-electron chi connectivity index (χ1n) is 12.6. The molecule has 0 aliphatic heterocycles. The maximum atomic E-state index is 15.1. The van der Waals surface area contributed by atoms with Gasteiger partial charge in [-0.05, 0) is 42.3 Å². The molecule has 214 valence electrons. The Bertz CT molecular complexity index is 1990. The Hall–Kier alpha value is -5.02. The minimum atomic E-state index is -3.93. The summed E-state index contributed by atoms with van der Waals surface area (Å²) in [6.45, 7) is 9.59. The minimum absolute atomic E-state index is 0.0397. The van der Waals surface area contributed by atoms with Crippen LogP contribution in [-0.4, -0.2) is 40.7 Å². The van der Waals surface area contributed by atoms with Gasteiger partial charge < -0.3 is 19.8 Å². The van der Waals surface area contributed by atoms with E-state index in [1.54, 1.807) is 31.2 Å². The number of benzene rings is 3. The van der Waals surface area contributed by atoms with Crippen LogP contribution in [0.25, 0.3) is 27.1 Å². The molecule has 5 rings (SSSR count). The molecule has 3 N–H and O–H groups in total. The highest BCUT2D eigenvalue weighted by Crippen LogP contribution is 2.39. The number of nitrogens with zero attached hydrogens (tertiary/aromatic N) is 2. The molecule has 2 aromatic heterocycles. The molecule has 5 aromatic rings. The Kier molecular flexibility index (Phi) is 7.30. The van der Waals surface area contributed by atoms with Crippen molar-refractivity contribution in [3.8, 4) is 22.9 Å².